The Labute approximate surface area is 190 Å². The van der Waals surface area contributed by atoms with Crippen LogP contribution in [0.15, 0.2) is 29.4 Å². The first kappa shape index (κ1) is 23.1. The Balaban J connectivity index is 1.56. The molecule has 2 saturated heterocycles. The van der Waals surface area contributed by atoms with Gasteiger partial charge in [-0.15, -0.1) is 0 Å². The zero-order chi connectivity index (χ0) is 23.9. The highest BCUT2D eigenvalue weighted by molar-refractivity contribution is 7.90. The molecule has 0 aliphatic carbocycles. The number of piperazine rings is 1. The van der Waals surface area contributed by atoms with Crippen LogP contribution in [0.4, 0.5) is 19.4 Å². The number of fused-ring (bicyclic) bond motifs is 2. The van der Waals surface area contributed by atoms with Gasteiger partial charge in [-0.1, -0.05) is 0 Å². The number of nitrogens with zero attached hydrogens (tertiary/aromatic N) is 4. The molecule has 9 nitrogen and oxygen atoms in total. The maximum atomic E-state index is 15.3. The Kier molecular flexibility index (Phi) is 6.12. The van der Waals surface area contributed by atoms with Gasteiger partial charge in [-0.05, 0) is 44.9 Å². The molecule has 4 rings (SSSR count). The maximum Gasteiger partial charge on any atom is 0.410 e. The highest BCUT2D eigenvalue weighted by Gasteiger charge is 2.44. The molecule has 0 spiro atoms. The predicted octanol–water partition coefficient (Wildman–Crippen LogP) is 3.15. The van der Waals surface area contributed by atoms with Crippen LogP contribution in [0.2, 0.25) is 0 Å². The van der Waals surface area contributed by atoms with Crippen LogP contribution in [-0.2, 0) is 14.6 Å². The van der Waals surface area contributed by atoms with Gasteiger partial charge in [-0.25, -0.2) is 22.6 Å². The summed E-state index contributed by atoms with van der Waals surface area (Å²) in [6, 6.07) is 2.76. The number of sulfone groups is 1. The number of anilines is 1. The van der Waals surface area contributed by atoms with Crippen LogP contribution in [0.3, 0.4) is 0 Å². The van der Waals surface area contributed by atoms with Crippen molar-refractivity contribution < 1.29 is 31.5 Å². The molecule has 0 N–H and O–H groups in total. The van der Waals surface area contributed by atoms with E-state index in [2.05, 4.69) is 9.97 Å². The first-order valence-electron chi connectivity index (χ1n) is 10.5. The Hall–Kier alpha value is -3.02. The normalized spacial score (nSPS) is 20.3. The van der Waals surface area contributed by atoms with E-state index in [-0.39, 0.29) is 34.7 Å². The van der Waals surface area contributed by atoms with Gasteiger partial charge in [-0.3, -0.25) is 0 Å². The van der Waals surface area contributed by atoms with Crippen molar-refractivity contribution in [3.8, 4) is 11.6 Å². The van der Waals surface area contributed by atoms with Crippen molar-refractivity contribution in [3.05, 3.63) is 36.2 Å². The summed E-state index contributed by atoms with van der Waals surface area (Å²) in [5, 5.41) is 0. The largest absolute Gasteiger partial charge is 0.447 e. The Morgan fingerprint density at radius 1 is 1.15 bits per heavy atom. The van der Waals surface area contributed by atoms with Crippen molar-refractivity contribution >= 4 is 21.7 Å². The topological polar surface area (TPSA) is 102 Å². The van der Waals surface area contributed by atoms with Crippen LogP contribution in [0.25, 0.3) is 0 Å². The van der Waals surface area contributed by atoms with Crippen molar-refractivity contribution in [1.29, 1.82) is 0 Å². The first-order valence-corrected chi connectivity index (χ1v) is 12.4. The van der Waals surface area contributed by atoms with Gasteiger partial charge in [0.05, 0.1) is 11.0 Å². The molecule has 1 aromatic heterocycles. The molecule has 178 valence electrons. The van der Waals surface area contributed by atoms with Crippen molar-refractivity contribution in [3.63, 3.8) is 0 Å². The van der Waals surface area contributed by atoms with Gasteiger partial charge in [0.1, 0.15) is 6.33 Å². The molecule has 2 aliphatic heterocycles. The summed E-state index contributed by atoms with van der Waals surface area (Å²) < 4.78 is 63.5. The number of likely N-dealkylation sites (tertiary alicyclic amines) is 1. The van der Waals surface area contributed by atoms with Gasteiger partial charge in [0.25, 0.3) is 5.88 Å². The molecule has 1 aromatic carbocycles. The van der Waals surface area contributed by atoms with Gasteiger partial charge >= 0.3 is 6.09 Å². The smallest absolute Gasteiger partial charge is 0.410 e. The minimum Gasteiger partial charge on any atom is -0.447 e. The molecular weight excluding hydrogens is 458 g/mol. The predicted molar refractivity (Wildman–Crippen MR) is 114 cm³/mol. The van der Waals surface area contributed by atoms with Crippen LogP contribution in [0.5, 0.6) is 11.6 Å². The van der Waals surface area contributed by atoms with Crippen LogP contribution in [0.1, 0.15) is 26.7 Å². The fraction of sp³-hybridized carbons (Fsp3) is 0.476. The monoisotopic (exact) mass is 482 g/mol. The molecule has 2 unspecified atom stereocenters. The van der Waals surface area contributed by atoms with Crippen LogP contribution in [-0.4, -0.2) is 66.9 Å². The van der Waals surface area contributed by atoms with E-state index in [0.717, 1.165) is 37.6 Å². The lowest BCUT2D eigenvalue weighted by molar-refractivity contribution is 0.0699. The molecule has 2 fully saturated rings. The second-order valence-corrected chi connectivity index (χ2v) is 10.4. The Bertz CT molecular complexity index is 1160. The summed E-state index contributed by atoms with van der Waals surface area (Å²) in [6.07, 6.45) is 2.93. The molecule has 2 atom stereocenters. The number of amides is 1. The number of aromatic nitrogens is 2. The zero-order valence-corrected chi connectivity index (χ0v) is 19.2. The summed E-state index contributed by atoms with van der Waals surface area (Å²) in [5.74, 6) is -2.66. The lowest BCUT2D eigenvalue weighted by Gasteiger charge is -2.41. The highest BCUT2D eigenvalue weighted by Crippen LogP contribution is 2.38. The number of rotatable bonds is 5. The Morgan fingerprint density at radius 3 is 2.39 bits per heavy atom. The second kappa shape index (κ2) is 8.73. The third kappa shape index (κ3) is 4.70. The quantitative estimate of drug-likeness (QED) is 0.641. The average molecular weight is 483 g/mol. The summed E-state index contributed by atoms with van der Waals surface area (Å²) in [7, 11) is -3.61. The molecule has 2 aliphatic rings. The summed E-state index contributed by atoms with van der Waals surface area (Å²) in [6.45, 7) is 4.28. The van der Waals surface area contributed by atoms with Crippen LogP contribution >= 0.6 is 0 Å². The molecule has 0 radical (unpaired) electrons. The van der Waals surface area contributed by atoms with Crippen LogP contribution in [0, 0.1) is 11.6 Å². The lowest BCUT2D eigenvalue weighted by Crippen LogP contribution is -2.56. The SMILES string of the molecule is CC(C)OC(=O)N1CC2CCC(C1)N2c1ncnc(Oc2ccc(S(C)(=O)=O)cc2F)c1F. The maximum absolute atomic E-state index is 15.3. The fourth-order valence-electron chi connectivity index (χ4n) is 4.17. The average Bonchev–Trinajstić information content (AvgIpc) is 2.98. The molecule has 1 amide bonds. The van der Waals surface area contributed by atoms with E-state index in [4.69, 9.17) is 9.47 Å². The third-order valence-corrected chi connectivity index (χ3v) is 6.71. The van der Waals surface area contributed by atoms with Gasteiger partial charge in [0.15, 0.2) is 27.2 Å². The number of benzene rings is 1. The minimum absolute atomic E-state index is 0.0116. The highest BCUT2D eigenvalue weighted by atomic mass is 32.2. The van der Waals surface area contributed by atoms with Crippen molar-refractivity contribution in [2.45, 2.75) is 49.8 Å². The number of carbonyl (C=O) groups excluding carboxylic acids is 1. The van der Waals surface area contributed by atoms with E-state index < -0.39 is 33.4 Å². The molecular formula is C21H24F2N4O5S. The standard InChI is InChI=1S/C21H24F2N4O5S/c1-12(2)31-21(28)26-9-13-4-5-14(10-26)27(13)19-18(23)20(25-11-24-19)32-17-7-6-15(8-16(17)22)33(3,29)30/h6-8,11-14H,4-5,9-10H2,1-3H3. The molecule has 0 saturated carbocycles. The van der Waals surface area contributed by atoms with Gasteiger partial charge < -0.3 is 19.3 Å². The van der Waals surface area contributed by atoms with E-state index in [9.17, 15) is 17.6 Å². The van der Waals surface area contributed by atoms with Crippen LogP contribution < -0.4 is 9.64 Å². The summed E-state index contributed by atoms with van der Waals surface area (Å²) in [5.41, 5.74) is 0. The number of ether oxygens (including phenoxy) is 2. The number of hydrogen-bond acceptors (Lipinski definition) is 8. The van der Waals surface area contributed by atoms with Crippen molar-refractivity contribution in [1.82, 2.24) is 14.9 Å². The zero-order valence-electron chi connectivity index (χ0n) is 18.4. The van der Waals surface area contributed by atoms with E-state index in [1.807, 2.05) is 4.90 Å². The summed E-state index contributed by atoms with van der Waals surface area (Å²) in [4.78, 5) is 23.4. The second-order valence-electron chi connectivity index (χ2n) is 8.41. The van der Waals surface area contributed by atoms with E-state index in [1.165, 1.54) is 6.07 Å². The molecule has 33 heavy (non-hydrogen) atoms. The van der Waals surface area contributed by atoms with Gasteiger partial charge in [-0.2, -0.15) is 9.37 Å². The molecule has 2 aromatic rings. The van der Waals surface area contributed by atoms with E-state index in [0.29, 0.717) is 13.1 Å². The van der Waals surface area contributed by atoms with Crippen molar-refractivity contribution in [2.24, 2.45) is 0 Å². The molecule has 2 bridgehead atoms. The number of carbonyl (C=O) groups is 1. The third-order valence-electron chi connectivity index (χ3n) is 5.60. The van der Waals surface area contributed by atoms with E-state index in [1.54, 1.807) is 18.7 Å². The van der Waals surface area contributed by atoms with E-state index >= 15 is 4.39 Å². The first-order chi connectivity index (χ1) is 15.5. The number of halogens is 2. The molecule has 12 heteroatoms. The van der Waals surface area contributed by atoms with Crippen molar-refractivity contribution in [2.75, 3.05) is 24.2 Å². The lowest BCUT2D eigenvalue weighted by atomic mass is 10.2. The van der Waals surface area contributed by atoms with Gasteiger partial charge in [0, 0.05) is 31.4 Å². The van der Waals surface area contributed by atoms with Gasteiger partial charge in [0.2, 0.25) is 5.82 Å². The molecule has 3 heterocycles. The Morgan fingerprint density at radius 2 is 1.82 bits per heavy atom. The summed E-state index contributed by atoms with van der Waals surface area (Å²) >= 11 is 0. The minimum atomic E-state index is -3.61. The fourth-order valence-corrected chi connectivity index (χ4v) is 4.80. The number of hydrogen-bond donors (Lipinski definition) is 0.